The van der Waals surface area contributed by atoms with E-state index in [2.05, 4.69) is 10.6 Å². The second-order valence-electron chi connectivity index (χ2n) is 5.56. The maximum atomic E-state index is 11.5. The van der Waals surface area contributed by atoms with Crippen LogP contribution >= 0.6 is 0 Å². The highest BCUT2D eigenvalue weighted by Gasteiger charge is 2.30. The fourth-order valence-corrected chi connectivity index (χ4v) is 1.99. The van der Waals surface area contributed by atoms with Crippen molar-refractivity contribution in [3.8, 4) is 0 Å². The van der Waals surface area contributed by atoms with Gasteiger partial charge in [-0.25, -0.2) is 4.79 Å². The molecule has 3 N–H and O–H groups in total. The lowest BCUT2D eigenvalue weighted by atomic mass is 9.91. The van der Waals surface area contributed by atoms with E-state index in [0.717, 1.165) is 12.8 Å². The molecule has 0 unspecified atom stereocenters. The number of hydrogen-bond acceptors (Lipinski definition) is 4. The molecule has 1 amide bonds. The van der Waals surface area contributed by atoms with Crippen LogP contribution in [-0.2, 0) is 9.53 Å². The lowest BCUT2D eigenvalue weighted by Crippen LogP contribution is -2.50. The fourth-order valence-electron chi connectivity index (χ4n) is 1.99. The van der Waals surface area contributed by atoms with Gasteiger partial charge in [0, 0.05) is 12.5 Å². The van der Waals surface area contributed by atoms with Crippen molar-refractivity contribution in [1.29, 1.82) is 0 Å². The van der Waals surface area contributed by atoms with Crippen LogP contribution in [0.3, 0.4) is 0 Å². The van der Waals surface area contributed by atoms with E-state index in [1.54, 1.807) is 20.8 Å². The van der Waals surface area contributed by atoms with E-state index in [1.165, 1.54) is 0 Å². The molecule has 1 aliphatic rings. The number of carboxylic acid groups (broad SMARTS) is 1. The van der Waals surface area contributed by atoms with Crippen molar-refractivity contribution >= 4 is 12.1 Å². The number of carbonyl (C=O) groups is 2. The number of piperidine rings is 1. The molecule has 6 nitrogen and oxygen atoms in total. The van der Waals surface area contributed by atoms with Crippen LogP contribution in [0.5, 0.6) is 0 Å². The summed E-state index contributed by atoms with van der Waals surface area (Å²) in [7, 11) is 0. The normalized spacial score (nSPS) is 24.4. The van der Waals surface area contributed by atoms with Gasteiger partial charge in [-0.1, -0.05) is 0 Å². The molecule has 1 fully saturated rings. The van der Waals surface area contributed by atoms with Gasteiger partial charge in [-0.15, -0.1) is 0 Å². The minimum absolute atomic E-state index is 0.0937. The van der Waals surface area contributed by atoms with Crippen molar-refractivity contribution in [2.45, 2.75) is 45.3 Å². The van der Waals surface area contributed by atoms with Crippen LogP contribution in [0.4, 0.5) is 4.79 Å². The number of ether oxygens (including phenoxy) is 1. The minimum atomic E-state index is -0.870. The highest BCUT2D eigenvalue weighted by Crippen LogP contribution is 2.16. The van der Waals surface area contributed by atoms with Crippen LogP contribution in [-0.4, -0.2) is 41.9 Å². The zero-order valence-electron chi connectivity index (χ0n) is 11.2. The van der Waals surface area contributed by atoms with Gasteiger partial charge >= 0.3 is 12.1 Å². The van der Waals surface area contributed by atoms with Crippen molar-refractivity contribution in [2.24, 2.45) is 5.92 Å². The number of amides is 1. The summed E-state index contributed by atoms with van der Waals surface area (Å²) in [4.78, 5) is 22.5. The van der Waals surface area contributed by atoms with E-state index in [9.17, 15) is 9.59 Å². The first-order valence-electron chi connectivity index (χ1n) is 6.22. The van der Waals surface area contributed by atoms with Crippen LogP contribution in [0.25, 0.3) is 0 Å². The largest absolute Gasteiger partial charge is 0.480 e. The standard InChI is InChI=1S/C12H22N2O4/c1-12(2,3)18-11(17)14-7-8-5-4-6-13-9(8)10(15)16/h8-9,13H,4-7H2,1-3H3,(H,14,17)(H,15,16)/t8-,9-/m0/s1. The smallest absolute Gasteiger partial charge is 0.407 e. The highest BCUT2D eigenvalue weighted by molar-refractivity contribution is 5.74. The molecular weight excluding hydrogens is 236 g/mol. The summed E-state index contributed by atoms with van der Waals surface area (Å²) in [6, 6.07) is -0.589. The predicted molar refractivity (Wildman–Crippen MR) is 66.4 cm³/mol. The Hall–Kier alpha value is -1.30. The summed E-state index contributed by atoms with van der Waals surface area (Å²) in [6.45, 7) is 6.39. The molecule has 0 aliphatic carbocycles. The zero-order chi connectivity index (χ0) is 13.8. The van der Waals surface area contributed by atoms with Crippen molar-refractivity contribution in [3.63, 3.8) is 0 Å². The number of rotatable bonds is 3. The predicted octanol–water partition coefficient (Wildman–Crippen LogP) is 0.964. The number of nitrogens with one attached hydrogen (secondary N) is 2. The van der Waals surface area contributed by atoms with Gasteiger partial charge in [-0.05, 0) is 40.2 Å². The van der Waals surface area contributed by atoms with E-state index in [4.69, 9.17) is 9.84 Å². The zero-order valence-corrected chi connectivity index (χ0v) is 11.2. The van der Waals surface area contributed by atoms with Gasteiger partial charge in [-0.3, -0.25) is 4.79 Å². The molecule has 0 spiro atoms. The third-order valence-corrected chi connectivity index (χ3v) is 2.76. The molecule has 1 rings (SSSR count). The Bertz CT molecular complexity index is 312. The van der Waals surface area contributed by atoms with Gasteiger partial charge in [0.2, 0.25) is 0 Å². The van der Waals surface area contributed by atoms with E-state index in [-0.39, 0.29) is 5.92 Å². The number of aliphatic carboxylic acids is 1. The Morgan fingerprint density at radius 2 is 2.11 bits per heavy atom. The Balaban J connectivity index is 2.41. The molecule has 0 aromatic carbocycles. The summed E-state index contributed by atoms with van der Waals surface area (Å²) in [5, 5.41) is 14.6. The Morgan fingerprint density at radius 1 is 1.44 bits per heavy atom. The molecule has 1 saturated heterocycles. The van der Waals surface area contributed by atoms with E-state index >= 15 is 0 Å². The molecule has 2 atom stereocenters. The number of carbonyl (C=O) groups excluding carboxylic acids is 1. The molecule has 104 valence electrons. The van der Waals surface area contributed by atoms with Gasteiger partial charge in [-0.2, -0.15) is 0 Å². The van der Waals surface area contributed by atoms with Crippen molar-refractivity contribution < 1.29 is 19.4 Å². The van der Waals surface area contributed by atoms with Gasteiger partial charge < -0.3 is 20.5 Å². The average molecular weight is 258 g/mol. The molecule has 0 aromatic rings. The summed E-state index contributed by atoms with van der Waals surface area (Å²) >= 11 is 0. The third kappa shape index (κ3) is 4.91. The van der Waals surface area contributed by atoms with Gasteiger partial charge in [0.25, 0.3) is 0 Å². The average Bonchev–Trinajstić information content (AvgIpc) is 2.24. The first kappa shape index (κ1) is 14.8. The topological polar surface area (TPSA) is 87.7 Å². The second kappa shape index (κ2) is 6.04. The van der Waals surface area contributed by atoms with E-state index in [0.29, 0.717) is 13.1 Å². The quantitative estimate of drug-likeness (QED) is 0.702. The SMILES string of the molecule is CC(C)(C)OC(=O)NC[C@@H]1CCCN[C@@H]1C(=O)O. The summed E-state index contributed by atoms with van der Waals surface area (Å²) in [5.41, 5.74) is -0.541. The van der Waals surface area contributed by atoms with Crippen LogP contribution < -0.4 is 10.6 Å². The monoisotopic (exact) mass is 258 g/mol. The Labute approximate surface area is 107 Å². The van der Waals surface area contributed by atoms with Gasteiger partial charge in [0.05, 0.1) is 0 Å². The molecule has 18 heavy (non-hydrogen) atoms. The number of hydrogen-bond donors (Lipinski definition) is 3. The van der Waals surface area contributed by atoms with Crippen molar-refractivity contribution in [3.05, 3.63) is 0 Å². The highest BCUT2D eigenvalue weighted by atomic mass is 16.6. The number of carboxylic acids is 1. The van der Waals surface area contributed by atoms with Crippen molar-refractivity contribution in [1.82, 2.24) is 10.6 Å². The van der Waals surface area contributed by atoms with E-state index < -0.39 is 23.7 Å². The molecule has 6 heteroatoms. The summed E-state index contributed by atoms with van der Waals surface area (Å²) in [6.07, 6.45) is 1.21. The fraction of sp³-hybridized carbons (Fsp3) is 0.833. The lowest BCUT2D eigenvalue weighted by Gasteiger charge is -2.30. The molecular formula is C12H22N2O4. The first-order valence-corrected chi connectivity index (χ1v) is 6.22. The van der Waals surface area contributed by atoms with Gasteiger partial charge in [0.1, 0.15) is 11.6 Å². The molecule has 1 aliphatic heterocycles. The molecule has 0 radical (unpaired) electrons. The van der Waals surface area contributed by atoms with Crippen molar-refractivity contribution in [2.75, 3.05) is 13.1 Å². The van der Waals surface area contributed by atoms with Crippen LogP contribution in [0.2, 0.25) is 0 Å². The minimum Gasteiger partial charge on any atom is -0.480 e. The molecule has 1 heterocycles. The Morgan fingerprint density at radius 3 is 2.67 bits per heavy atom. The summed E-state index contributed by atoms with van der Waals surface area (Å²) < 4.78 is 5.11. The maximum absolute atomic E-state index is 11.5. The molecule has 0 bridgehead atoms. The maximum Gasteiger partial charge on any atom is 0.407 e. The van der Waals surface area contributed by atoms with Crippen LogP contribution in [0.15, 0.2) is 0 Å². The molecule has 0 saturated carbocycles. The Kier molecular flexibility index (Phi) is 4.95. The van der Waals surface area contributed by atoms with Crippen LogP contribution in [0.1, 0.15) is 33.6 Å². The lowest BCUT2D eigenvalue weighted by molar-refractivity contribution is -0.141. The third-order valence-electron chi connectivity index (χ3n) is 2.76. The van der Waals surface area contributed by atoms with Crippen LogP contribution in [0, 0.1) is 5.92 Å². The van der Waals surface area contributed by atoms with Gasteiger partial charge in [0.15, 0.2) is 0 Å². The molecule has 0 aromatic heterocycles. The second-order valence-corrected chi connectivity index (χ2v) is 5.56. The van der Waals surface area contributed by atoms with E-state index in [1.807, 2.05) is 0 Å². The number of alkyl carbamates (subject to hydrolysis) is 1. The first-order chi connectivity index (χ1) is 8.29. The summed E-state index contributed by atoms with van der Waals surface area (Å²) in [5.74, 6) is -0.963.